The van der Waals surface area contributed by atoms with Crippen LogP contribution in [0.2, 0.25) is 0 Å². The Morgan fingerprint density at radius 3 is 3.06 bits per heavy atom. The number of nitrogens with one attached hydrogen (secondary N) is 1. The fourth-order valence-corrected chi connectivity index (χ4v) is 2.46. The maximum atomic E-state index is 4.25. The van der Waals surface area contributed by atoms with Crippen molar-refractivity contribution in [1.82, 2.24) is 10.3 Å². The van der Waals surface area contributed by atoms with Crippen molar-refractivity contribution in [2.75, 3.05) is 0 Å². The zero-order valence-electron chi connectivity index (χ0n) is 8.98. The molecule has 0 aliphatic heterocycles. The minimum Gasteiger partial charge on any atom is -0.304 e. The van der Waals surface area contributed by atoms with Gasteiger partial charge in [-0.1, -0.05) is 28.1 Å². The first-order valence-corrected chi connectivity index (χ1v) is 6.80. The summed E-state index contributed by atoms with van der Waals surface area (Å²) in [6.45, 7) is 2.99. The zero-order valence-corrected chi connectivity index (χ0v) is 11.4. The average molecular weight is 297 g/mol. The molecule has 1 heterocycles. The Kier molecular flexibility index (Phi) is 4.09. The third-order valence-electron chi connectivity index (χ3n) is 2.39. The molecule has 2 rings (SSSR count). The lowest BCUT2D eigenvalue weighted by atomic mass is 10.1. The van der Waals surface area contributed by atoms with E-state index in [1.165, 1.54) is 5.56 Å². The van der Waals surface area contributed by atoms with Gasteiger partial charge in [0, 0.05) is 28.6 Å². The summed E-state index contributed by atoms with van der Waals surface area (Å²) in [6.07, 6.45) is 1.84. The van der Waals surface area contributed by atoms with E-state index >= 15 is 0 Å². The van der Waals surface area contributed by atoms with Crippen LogP contribution in [0.25, 0.3) is 0 Å². The molecule has 0 saturated carbocycles. The standard InChI is InChI=1S/C12H13BrN2S/c1-9(10-3-2-4-11(13)7-10)15-8-12-14-5-6-16-12/h2-7,9,15H,8H2,1H3/t9-/m1/s1. The summed E-state index contributed by atoms with van der Waals surface area (Å²) < 4.78 is 1.12. The zero-order chi connectivity index (χ0) is 11.4. The van der Waals surface area contributed by atoms with Gasteiger partial charge in [0.05, 0.1) is 0 Å². The second kappa shape index (κ2) is 5.57. The van der Waals surface area contributed by atoms with Crippen molar-refractivity contribution < 1.29 is 0 Å². The number of hydrogen-bond donors (Lipinski definition) is 1. The molecule has 2 nitrogen and oxygen atoms in total. The van der Waals surface area contributed by atoms with Crippen molar-refractivity contribution in [3.05, 3.63) is 50.9 Å². The molecule has 4 heteroatoms. The van der Waals surface area contributed by atoms with E-state index in [0.29, 0.717) is 6.04 Å². The first kappa shape index (κ1) is 11.8. The van der Waals surface area contributed by atoms with Crippen molar-refractivity contribution in [2.45, 2.75) is 19.5 Å². The van der Waals surface area contributed by atoms with Crippen LogP contribution >= 0.6 is 27.3 Å². The number of aromatic nitrogens is 1. The number of benzene rings is 1. The first-order chi connectivity index (χ1) is 7.75. The van der Waals surface area contributed by atoms with Crippen LogP contribution in [0.4, 0.5) is 0 Å². The molecule has 0 fully saturated rings. The van der Waals surface area contributed by atoms with Gasteiger partial charge in [-0.2, -0.15) is 0 Å². The van der Waals surface area contributed by atoms with Gasteiger partial charge >= 0.3 is 0 Å². The molecule has 0 amide bonds. The van der Waals surface area contributed by atoms with Crippen molar-refractivity contribution in [3.8, 4) is 0 Å². The SMILES string of the molecule is C[C@@H](NCc1nccs1)c1cccc(Br)c1. The Morgan fingerprint density at radius 2 is 2.38 bits per heavy atom. The number of nitrogens with zero attached hydrogens (tertiary/aromatic N) is 1. The van der Waals surface area contributed by atoms with Gasteiger partial charge in [-0.05, 0) is 24.6 Å². The fraction of sp³-hybridized carbons (Fsp3) is 0.250. The molecular formula is C12H13BrN2S. The Balaban J connectivity index is 1.95. The van der Waals surface area contributed by atoms with Gasteiger partial charge in [-0.3, -0.25) is 0 Å². The summed E-state index contributed by atoms with van der Waals surface area (Å²) in [5.41, 5.74) is 1.28. The van der Waals surface area contributed by atoms with Crippen molar-refractivity contribution in [2.24, 2.45) is 0 Å². The smallest absolute Gasteiger partial charge is 0.106 e. The quantitative estimate of drug-likeness (QED) is 0.929. The second-order valence-electron chi connectivity index (χ2n) is 3.58. The van der Waals surface area contributed by atoms with Gasteiger partial charge < -0.3 is 5.32 Å². The van der Waals surface area contributed by atoms with E-state index in [0.717, 1.165) is 16.0 Å². The lowest BCUT2D eigenvalue weighted by Crippen LogP contribution is -2.17. The third kappa shape index (κ3) is 3.14. The van der Waals surface area contributed by atoms with E-state index < -0.39 is 0 Å². The van der Waals surface area contributed by atoms with Crippen LogP contribution in [-0.2, 0) is 6.54 Å². The highest BCUT2D eigenvalue weighted by molar-refractivity contribution is 9.10. The third-order valence-corrected chi connectivity index (χ3v) is 3.66. The molecule has 0 unspecified atom stereocenters. The summed E-state index contributed by atoms with van der Waals surface area (Å²) >= 11 is 5.16. The number of rotatable bonds is 4. The number of thiazole rings is 1. The average Bonchev–Trinajstić information content (AvgIpc) is 2.78. The molecule has 1 aromatic carbocycles. The van der Waals surface area contributed by atoms with Crippen LogP contribution < -0.4 is 5.32 Å². The molecule has 16 heavy (non-hydrogen) atoms. The van der Waals surface area contributed by atoms with Crippen molar-refractivity contribution >= 4 is 27.3 Å². The minimum atomic E-state index is 0.335. The molecule has 84 valence electrons. The molecule has 0 aliphatic carbocycles. The van der Waals surface area contributed by atoms with E-state index in [1.807, 2.05) is 17.6 Å². The van der Waals surface area contributed by atoms with Crippen LogP contribution in [0, 0.1) is 0 Å². The van der Waals surface area contributed by atoms with Gasteiger partial charge in [0.1, 0.15) is 5.01 Å². The first-order valence-electron chi connectivity index (χ1n) is 5.13. The number of hydrogen-bond acceptors (Lipinski definition) is 3. The van der Waals surface area contributed by atoms with E-state index in [1.54, 1.807) is 11.3 Å². The highest BCUT2D eigenvalue weighted by Crippen LogP contribution is 2.18. The summed E-state index contributed by atoms with van der Waals surface area (Å²) in [4.78, 5) is 4.25. The molecule has 1 N–H and O–H groups in total. The maximum absolute atomic E-state index is 4.25. The molecule has 0 aliphatic rings. The molecule has 1 atom stereocenters. The van der Waals surface area contributed by atoms with E-state index in [4.69, 9.17) is 0 Å². The monoisotopic (exact) mass is 296 g/mol. The van der Waals surface area contributed by atoms with Crippen LogP contribution in [0.3, 0.4) is 0 Å². The van der Waals surface area contributed by atoms with Crippen molar-refractivity contribution in [3.63, 3.8) is 0 Å². The van der Waals surface area contributed by atoms with Gasteiger partial charge in [0.2, 0.25) is 0 Å². The predicted molar refractivity (Wildman–Crippen MR) is 71.5 cm³/mol. The van der Waals surface area contributed by atoms with Gasteiger partial charge in [-0.15, -0.1) is 11.3 Å². The lowest BCUT2D eigenvalue weighted by Gasteiger charge is -2.13. The highest BCUT2D eigenvalue weighted by atomic mass is 79.9. The van der Waals surface area contributed by atoms with Gasteiger partial charge in [-0.25, -0.2) is 4.98 Å². The van der Waals surface area contributed by atoms with E-state index in [9.17, 15) is 0 Å². The highest BCUT2D eigenvalue weighted by Gasteiger charge is 2.05. The Bertz CT molecular complexity index is 442. The fourth-order valence-electron chi connectivity index (χ4n) is 1.47. The number of halogens is 1. The molecule has 2 aromatic rings. The van der Waals surface area contributed by atoms with Gasteiger partial charge in [0.15, 0.2) is 0 Å². The maximum Gasteiger partial charge on any atom is 0.106 e. The molecule has 0 radical (unpaired) electrons. The summed E-state index contributed by atoms with van der Waals surface area (Å²) in [6, 6.07) is 8.70. The van der Waals surface area contributed by atoms with Crippen LogP contribution in [0.5, 0.6) is 0 Å². The van der Waals surface area contributed by atoms with Gasteiger partial charge in [0.25, 0.3) is 0 Å². The summed E-state index contributed by atoms with van der Waals surface area (Å²) in [5, 5.41) is 6.58. The lowest BCUT2D eigenvalue weighted by molar-refractivity contribution is 0.573. The van der Waals surface area contributed by atoms with Crippen LogP contribution in [0.15, 0.2) is 40.3 Å². The molecular weight excluding hydrogens is 284 g/mol. The molecule has 0 bridgehead atoms. The van der Waals surface area contributed by atoms with E-state index in [2.05, 4.69) is 51.4 Å². The van der Waals surface area contributed by atoms with Crippen LogP contribution in [0.1, 0.15) is 23.5 Å². The van der Waals surface area contributed by atoms with Crippen molar-refractivity contribution in [1.29, 1.82) is 0 Å². The summed E-state index contributed by atoms with van der Waals surface area (Å²) in [7, 11) is 0. The minimum absolute atomic E-state index is 0.335. The Morgan fingerprint density at radius 1 is 1.50 bits per heavy atom. The molecule has 0 spiro atoms. The van der Waals surface area contributed by atoms with Crippen LogP contribution in [-0.4, -0.2) is 4.98 Å². The molecule has 1 aromatic heterocycles. The normalized spacial score (nSPS) is 12.6. The second-order valence-corrected chi connectivity index (χ2v) is 5.48. The Labute approximate surface area is 108 Å². The van der Waals surface area contributed by atoms with E-state index in [-0.39, 0.29) is 0 Å². The summed E-state index contributed by atoms with van der Waals surface area (Å²) in [5.74, 6) is 0. The topological polar surface area (TPSA) is 24.9 Å². The Hall–Kier alpha value is -0.710. The largest absolute Gasteiger partial charge is 0.304 e. The molecule has 0 saturated heterocycles. The predicted octanol–water partition coefficient (Wildman–Crippen LogP) is 3.76.